The number of hydrogen-bond donors (Lipinski definition) is 2. The number of thiophene rings is 1. The van der Waals surface area contributed by atoms with Crippen LogP contribution in [0.25, 0.3) is 0 Å². The molecule has 2 aromatic rings. The lowest BCUT2D eigenvalue weighted by Gasteiger charge is -2.23. The first-order valence-corrected chi connectivity index (χ1v) is 11.7. The van der Waals surface area contributed by atoms with Crippen molar-refractivity contribution in [1.82, 2.24) is 15.1 Å². The smallest absolute Gasteiger partial charge is 0.274 e. The fourth-order valence-corrected chi connectivity index (χ4v) is 5.80. The second-order valence-electron chi connectivity index (χ2n) is 8.22. The van der Waals surface area contributed by atoms with Crippen molar-refractivity contribution in [3.05, 3.63) is 34.0 Å². The predicted octanol–water partition coefficient (Wildman–Crippen LogP) is 4.46. The summed E-state index contributed by atoms with van der Waals surface area (Å²) in [6, 6.07) is 1.95. The van der Waals surface area contributed by atoms with Crippen LogP contribution in [0.15, 0.2) is 12.3 Å². The molecule has 0 bridgehead atoms. The molecule has 0 aromatic carbocycles. The van der Waals surface area contributed by atoms with Gasteiger partial charge in [-0.3, -0.25) is 14.3 Å². The average molecular weight is 415 g/mol. The summed E-state index contributed by atoms with van der Waals surface area (Å²) in [5.74, 6) is -0.235. The maximum atomic E-state index is 13.3. The number of carbonyl (C=O) groups is 2. The normalized spacial score (nSPS) is 17.8. The predicted molar refractivity (Wildman–Crippen MR) is 116 cm³/mol. The van der Waals surface area contributed by atoms with Crippen molar-refractivity contribution in [3.63, 3.8) is 0 Å². The number of fused-ring (bicyclic) bond motifs is 1. The highest BCUT2D eigenvalue weighted by molar-refractivity contribution is 7.17. The van der Waals surface area contributed by atoms with Gasteiger partial charge in [0, 0.05) is 24.2 Å². The van der Waals surface area contributed by atoms with Gasteiger partial charge in [0.1, 0.15) is 10.7 Å². The molecule has 0 unspecified atom stereocenters. The Bertz CT molecular complexity index is 880. The molecule has 2 aromatic heterocycles. The Labute approximate surface area is 176 Å². The Morgan fingerprint density at radius 3 is 2.48 bits per heavy atom. The number of carbonyl (C=O) groups excluding carboxylic acids is 2. The van der Waals surface area contributed by atoms with Gasteiger partial charge in [-0.05, 0) is 50.2 Å². The molecular weight excluding hydrogens is 384 g/mol. The zero-order chi connectivity index (χ0) is 20.2. The molecule has 4 rings (SSSR count). The van der Waals surface area contributed by atoms with E-state index in [0.717, 1.165) is 44.1 Å². The van der Waals surface area contributed by atoms with Gasteiger partial charge < -0.3 is 10.6 Å². The van der Waals surface area contributed by atoms with E-state index in [-0.39, 0.29) is 17.9 Å². The van der Waals surface area contributed by atoms with Crippen LogP contribution in [0, 0.1) is 0 Å². The monoisotopic (exact) mass is 414 g/mol. The Morgan fingerprint density at radius 1 is 1.03 bits per heavy atom. The highest BCUT2D eigenvalue weighted by Crippen LogP contribution is 2.37. The van der Waals surface area contributed by atoms with Gasteiger partial charge in [-0.1, -0.05) is 32.1 Å². The quantitative estimate of drug-likeness (QED) is 0.776. The standard InChI is InChI=1S/C22H30N4O2S/c1-26-17(13-14-23-26)20(27)25-22-19(21(28)24-15-9-5-4-6-10-15)16-11-7-2-3-8-12-18(16)29-22/h13-15H,2-12H2,1H3,(H,24,28)(H,25,27). The summed E-state index contributed by atoms with van der Waals surface area (Å²) in [5.41, 5.74) is 2.35. The second-order valence-corrected chi connectivity index (χ2v) is 9.33. The van der Waals surface area contributed by atoms with Gasteiger partial charge in [-0.2, -0.15) is 5.10 Å². The van der Waals surface area contributed by atoms with E-state index < -0.39 is 0 Å². The number of anilines is 1. The fraction of sp³-hybridized carbons (Fsp3) is 0.591. The van der Waals surface area contributed by atoms with Gasteiger partial charge in [0.2, 0.25) is 0 Å². The van der Waals surface area contributed by atoms with E-state index in [1.807, 2.05) is 0 Å². The zero-order valence-electron chi connectivity index (χ0n) is 17.1. The fourth-order valence-electron chi connectivity index (χ4n) is 4.52. The van der Waals surface area contributed by atoms with Crippen molar-refractivity contribution in [2.45, 2.75) is 76.7 Å². The van der Waals surface area contributed by atoms with Crippen LogP contribution >= 0.6 is 11.3 Å². The van der Waals surface area contributed by atoms with E-state index >= 15 is 0 Å². The van der Waals surface area contributed by atoms with Crippen molar-refractivity contribution >= 4 is 28.2 Å². The highest BCUT2D eigenvalue weighted by Gasteiger charge is 2.27. The first-order valence-electron chi connectivity index (χ1n) is 10.9. The van der Waals surface area contributed by atoms with Crippen LogP contribution in [0.2, 0.25) is 0 Å². The molecule has 29 heavy (non-hydrogen) atoms. The molecule has 2 aliphatic rings. The summed E-state index contributed by atoms with van der Waals surface area (Å²) < 4.78 is 1.56. The molecule has 0 atom stereocenters. The summed E-state index contributed by atoms with van der Waals surface area (Å²) in [6.07, 6.45) is 13.9. The lowest BCUT2D eigenvalue weighted by molar-refractivity contribution is 0.0928. The van der Waals surface area contributed by atoms with Gasteiger partial charge >= 0.3 is 0 Å². The van der Waals surface area contributed by atoms with Crippen LogP contribution < -0.4 is 10.6 Å². The number of aryl methyl sites for hydroxylation is 2. The molecule has 2 N–H and O–H groups in total. The number of hydrogen-bond acceptors (Lipinski definition) is 4. The van der Waals surface area contributed by atoms with Gasteiger partial charge in [0.05, 0.1) is 5.56 Å². The van der Waals surface area contributed by atoms with E-state index in [9.17, 15) is 9.59 Å². The van der Waals surface area contributed by atoms with Crippen LogP contribution in [-0.2, 0) is 19.9 Å². The third kappa shape index (κ3) is 4.55. The molecule has 2 amide bonds. The third-order valence-electron chi connectivity index (χ3n) is 6.12. The van der Waals surface area contributed by atoms with E-state index in [1.165, 1.54) is 37.0 Å². The Morgan fingerprint density at radius 2 is 1.76 bits per heavy atom. The van der Waals surface area contributed by atoms with E-state index in [1.54, 1.807) is 35.3 Å². The highest BCUT2D eigenvalue weighted by atomic mass is 32.1. The first-order chi connectivity index (χ1) is 14.1. The maximum Gasteiger partial charge on any atom is 0.274 e. The van der Waals surface area contributed by atoms with Gasteiger partial charge in [-0.25, -0.2) is 0 Å². The van der Waals surface area contributed by atoms with Crippen molar-refractivity contribution in [1.29, 1.82) is 0 Å². The van der Waals surface area contributed by atoms with E-state index in [4.69, 9.17) is 0 Å². The van der Waals surface area contributed by atoms with Crippen LogP contribution in [0.1, 0.15) is 89.1 Å². The number of rotatable bonds is 4. The van der Waals surface area contributed by atoms with E-state index in [2.05, 4.69) is 15.7 Å². The molecule has 1 fully saturated rings. The first kappa shape index (κ1) is 20.1. The number of aromatic nitrogens is 2. The average Bonchev–Trinajstić information content (AvgIpc) is 3.26. The molecule has 0 spiro atoms. The van der Waals surface area contributed by atoms with Gasteiger partial charge in [-0.15, -0.1) is 11.3 Å². The Kier molecular flexibility index (Phi) is 6.33. The summed E-state index contributed by atoms with van der Waals surface area (Å²) in [4.78, 5) is 27.4. The minimum Gasteiger partial charge on any atom is -0.349 e. The van der Waals surface area contributed by atoms with Gasteiger partial charge in [0.25, 0.3) is 11.8 Å². The molecule has 156 valence electrons. The molecule has 6 nitrogen and oxygen atoms in total. The van der Waals surface area contributed by atoms with Crippen LogP contribution in [0.5, 0.6) is 0 Å². The number of amides is 2. The summed E-state index contributed by atoms with van der Waals surface area (Å²) in [6.45, 7) is 0. The zero-order valence-corrected chi connectivity index (χ0v) is 17.9. The molecular formula is C22H30N4O2S. The maximum absolute atomic E-state index is 13.3. The van der Waals surface area contributed by atoms with Gasteiger partial charge in [0.15, 0.2) is 0 Å². The topological polar surface area (TPSA) is 76.0 Å². The van der Waals surface area contributed by atoms with Crippen molar-refractivity contribution in [2.24, 2.45) is 7.05 Å². The minimum absolute atomic E-state index is 0.0183. The molecule has 2 heterocycles. The Hall–Kier alpha value is -2.15. The summed E-state index contributed by atoms with van der Waals surface area (Å²) in [7, 11) is 1.75. The third-order valence-corrected chi connectivity index (χ3v) is 7.33. The summed E-state index contributed by atoms with van der Waals surface area (Å²) in [5, 5.41) is 11.1. The Balaban J connectivity index is 1.63. The second kappa shape index (κ2) is 9.11. The molecule has 7 heteroatoms. The molecule has 0 aliphatic heterocycles. The minimum atomic E-state index is -0.217. The lowest BCUT2D eigenvalue weighted by atomic mass is 9.94. The van der Waals surface area contributed by atoms with Crippen LogP contribution in [-0.4, -0.2) is 27.6 Å². The molecule has 0 saturated heterocycles. The lowest BCUT2D eigenvalue weighted by Crippen LogP contribution is -2.36. The van der Waals surface area contributed by atoms with Crippen molar-refractivity contribution < 1.29 is 9.59 Å². The van der Waals surface area contributed by atoms with Crippen LogP contribution in [0.4, 0.5) is 5.00 Å². The number of nitrogens with one attached hydrogen (secondary N) is 2. The van der Waals surface area contributed by atoms with Crippen LogP contribution in [0.3, 0.4) is 0 Å². The van der Waals surface area contributed by atoms with E-state index in [0.29, 0.717) is 16.3 Å². The molecule has 1 saturated carbocycles. The molecule has 2 aliphatic carbocycles. The van der Waals surface area contributed by atoms with Crippen molar-refractivity contribution in [3.8, 4) is 0 Å². The largest absolute Gasteiger partial charge is 0.349 e. The summed E-state index contributed by atoms with van der Waals surface area (Å²) >= 11 is 1.58. The molecule has 0 radical (unpaired) electrons. The number of nitrogens with zero attached hydrogens (tertiary/aromatic N) is 2. The van der Waals surface area contributed by atoms with Crippen molar-refractivity contribution in [2.75, 3.05) is 5.32 Å². The SMILES string of the molecule is Cn1nccc1C(=O)Nc1sc2c(c1C(=O)NC1CCCCC1)CCCCCC2.